The van der Waals surface area contributed by atoms with E-state index in [4.69, 9.17) is 4.74 Å². The van der Waals surface area contributed by atoms with Gasteiger partial charge in [-0.1, -0.05) is 0 Å². The van der Waals surface area contributed by atoms with Crippen molar-refractivity contribution in [1.29, 1.82) is 0 Å². The van der Waals surface area contributed by atoms with Gasteiger partial charge in [0.2, 0.25) is 0 Å². The largest absolute Gasteiger partial charge is 0.497 e. The number of aryl methyl sites for hydroxylation is 1. The maximum atomic E-state index is 11.6. The van der Waals surface area contributed by atoms with Gasteiger partial charge in [-0.3, -0.25) is 0 Å². The maximum Gasteiger partial charge on any atom is 0.152 e. The summed E-state index contributed by atoms with van der Waals surface area (Å²) in [6.45, 7) is 1.80. The molecule has 0 radical (unpaired) electrons. The summed E-state index contributed by atoms with van der Waals surface area (Å²) < 4.78 is 28.3. The van der Waals surface area contributed by atoms with Gasteiger partial charge in [-0.05, 0) is 37.6 Å². The van der Waals surface area contributed by atoms with E-state index in [0.717, 1.165) is 11.4 Å². The molecule has 1 aromatic heterocycles. The second-order valence-corrected chi connectivity index (χ2v) is 8.01. The fourth-order valence-electron chi connectivity index (χ4n) is 2.65. The highest BCUT2D eigenvalue weighted by Gasteiger charge is 2.28. The molecule has 7 nitrogen and oxygen atoms in total. The summed E-state index contributed by atoms with van der Waals surface area (Å²) in [5, 5.41) is 6.40. The Morgan fingerprint density at radius 3 is 2.50 bits per heavy atom. The zero-order valence-corrected chi connectivity index (χ0v) is 14.4. The molecule has 128 valence electrons. The van der Waals surface area contributed by atoms with Gasteiger partial charge in [0.15, 0.2) is 9.84 Å². The number of hydrogen-bond acceptors (Lipinski definition) is 7. The summed E-state index contributed by atoms with van der Waals surface area (Å²) in [7, 11) is -1.30. The van der Waals surface area contributed by atoms with Gasteiger partial charge in [0, 0.05) is 17.8 Å². The van der Waals surface area contributed by atoms with E-state index in [-0.39, 0.29) is 17.5 Å². The van der Waals surface area contributed by atoms with Crippen LogP contribution in [0.2, 0.25) is 0 Å². The third-order valence-electron chi connectivity index (χ3n) is 3.78. The Kier molecular flexibility index (Phi) is 4.57. The molecule has 2 N–H and O–H groups in total. The monoisotopic (exact) mass is 348 g/mol. The minimum atomic E-state index is -2.92. The van der Waals surface area contributed by atoms with Crippen molar-refractivity contribution in [3.63, 3.8) is 0 Å². The number of methoxy groups -OCH3 is 1. The second-order valence-electron chi connectivity index (χ2n) is 5.78. The molecule has 0 spiro atoms. The highest BCUT2D eigenvalue weighted by Crippen LogP contribution is 2.22. The minimum absolute atomic E-state index is 0.0989. The molecule has 2 aromatic rings. The van der Waals surface area contributed by atoms with Gasteiger partial charge < -0.3 is 15.4 Å². The number of nitrogens with one attached hydrogen (secondary N) is 2. The zero-order valence-electron chi connectivity index (χ0n) is 13.6. The van der Waals surface area contributed by atoms with Gasteiger partial charge in [0.1, 0.15) is 23.2 Å². The topological polar surface area (TPSA) is 93.2 Å². The van der Waals surface area contributed by atoms with E-state index in [1.54, 1.807) is 20.1 Å². The average molecular weight is 348 g/mol. The number of aromatic nitrogens is 2. The highest BCUT2D eigenvalue weighted by atomic mass is 32.2. The zero-order chi connectivity index (χ0) is 17.2. The minimum Gasteiger partial charge on any atom is -0.497 e. The molecule has 0 aliphatic carbocycles. The molecule has 0 bridgehead atoms. The van der Waals surface area contributed by atoms with Crippen LogP contribution < -0.4 is 15.4 Å². The standard InChI is InChI=1S/C16H20N4O3S/c1-11-17-15(19-12-3-5-14(23-2)6-4-12)9-16(18-11)20-13-7-8-24(21,22)10-13/h3-6,9,13H,7-8,10H2,1-2H3,(H2,17,18,19,20). The summed E-state index contributed by atoms with van der Waals surface area (Å²) in [4.78, 5) is 8.70. The van der Waals surface area contributed by atoms with E-state index < -0.39 is 9.84 Å². The molecule has 1 aliphatic rings. The van der Waals surface area contributed by atoms with Gasteiger partial charge in [-0.25, -0.2) is 18.4 Å². The van der Waals surface area contributed by atoms with E-state index in [1.165, 1.54) is 0 Å². The van der Waals surface area contributed by atoms with E-state index in [2.05, 4.69) is 20.6 Å². The summed E-state index contributed by atoms with van der Waals surface area (Å²) in [5.41, 5.74) is 0.878. The molecular weight excluding hydrogens is 328 g/mol. The Morgan fingerprint density at radius 2 is 1.88 bits per heavy atom. The predicted octanol–water partition coefficient (Wildman–Crippen LogP) is 2.14. The van der Waals surface area contributed by atoms with Crippen molar-refractivity contribution in [2.45, 2.75) is 19.4 Å². The Morgan fingerprint density at radius 1 is 1.17 bits per heavy atom. The first-order valence-electron chi connectivity index (χ1n) is 7.67. The SMILES string of the molecule is COc1ccc(Nc2cc(NC3CCS(=O)(=O)C3)nc(C)n2)cc1. The lowest BCUT2D eigenvalue weighted by Crippen LogP contribution is -2.21. The molecule has 1 saturated heterocycles. The van der Waals surface area contributed by atoms with Crippen LogP contribution in [0.4, 0.5) is 17.3 Å². The number of sulfone groups is 1. The normalized spacial score (nSPS) is 19.0. The number of ether oxygens (including phenoxy) is 1. The Labute approximate surface area is 141 Å². The molecule has 24 heavy (non-hydrogen) atoms. The molecule has 1 aliphatic heterocycles. The third kappa shape index (κ3) is 4.14. The number of nitrogens with zero attached hydrogens (tertiary/aromatic N) is 2. The molecular formula is C16H20N4O3S. The number of rotatable bonds is 5. The third-order valence-corrected chi connectivity index (χ3v) is 5.55. The van der Waals surface area contributed by atoms with Crippen LogP contribution in [0.3, 0.4) is 0 Å². The van der Waals surface area contributed by atoms with Crippen LogP contribution in [0.1, 0.15) is 12.2 Å². The van der Waals surface area contributed by atoms with Crippen LogP contribution >= 0.6 is 0 Å². The lowest BCUT2D eigenvalue weighted by atomic mass is 10.2. The number of benzene rings is 1. The smallest absolute Gasteiger partial charge is 0.152 e. The molecule has 1 atom stereocenters. The van der Waals surface area contributed by atoms with Gasteiger partial charge >= 0.3 is 0 Å². The van der Waals surface area contributed by atoms with E-state index in [9.17, 15) is 8.42 Å². The predicted molar refractivity (Wildman–Crippen MR) is 93.7 cm³/mol. The first kappa shape index (κ1) is 16.5. The van der Waals surface area contributed by atoms with Crippen molar-refractivity contribution in [2.75, 3.05) is 29.2 Å². The highest BCUT2D eigenvalue weighted by molar-refractivity contribution is 7.91. The van der Waals surface area contributed by atoms with Crippen molar-refractivity contribution < 1.29 is 13.2 Å². The molecule has 1 unspecified atom stereocenters. The van der Waals surface area contributed by atoms with Gasteiger partial charge in [-0.2, -0.15) is 0 Å². The fourth-order valence-corrected chi connectivity index (χ4v) is 4.32. The molecule has 3 rings (SSSR count). The van der Waals surface area contributed by atoms with Gasteiger partial charge in [0.05, 0.1) is 18.6 Å². The van der Waals surface area contributed by atoms with Crippen LogP contribution in [-0.4, -0.2) is 43.0 Å². The maximum absolute atomic E-state index is 11.6. The molecule has 2 heterocycles. The first-order valence-corrected chi connectivity index (χ1v) is 9.49. The second kappa shape index (κ2) is 6.64. The Hall–Kier alpha value is -2.35. The van der Waals surface area contributed by atoms with E-state index in [0.29, 0.717) is 23.9 Å². The number of anilines is 3. The van der Waals surface area contributed by atoms with Crippen molar-refractivity contribution in [3.8, 4) is 5.75 Å². The summed E-state index contributed by atoms with van der Waals surface area (Å²) >= 11 is 0. The van der Waals surface area contributed by atoms with Crippen molar-refractivity contribution in [2.24, 2.45) is 0 Å². The number of hydrogen-bond donors (Lipinski definition) is 2. The first-order chi connectivity index (χ1) is 11.4. The van der Waals surface area contributed by atoms with Crippen LogP contribution in [0.15, 0.2) is 30.3 Å². The summed E-state index contributed by atoms with van der Waals surface area (Å²) in [6.07, 6.45) is 0.604. The van der Waals surface area contributed by atoms with E-state index in [1.807, 2.05) is 24.3 Å². The lowest BCUT2D eigenvalue weighted by Gasteiger charge is -2.14. The summed E-state index contributed by atoms with van der Waals surface area (Å²) in [6, 6.07) is 9.19. The Bertz CT molecular complexity index is 822. The van der Waals surface area contributed by atoms with Gasteiger partial charge in [-0.15, -0.1) is 0 Å². The van der Waals surface area contributed by atoms with Crippen LogP contribution in [0.5, 0.6) is 5.75 Å². The molecule has 8 heteroatoms. The molecule has 1 fully saturated rings. The van der Waals surface area contributed by atoms with E-state index >= 15 is 0 Å². The van der Waals surface area contributed by atoms with Crippen molar-refractivity contribution >= 4 is 27.2 Å². The molecule has 0 amide bonds. The molecule has 1 aromatic carbocycles. The van der Waals surface area contributed by atoms with Crippen molar-refractivity contribution in [1.82, 2.24) is 9.97 Å². The fraction of sp³-hybridized carbons (Fsp3) is 0.375. The Balaban J connectivity index is 1.73. The van der Waals surface area contributed by atoms with Crippen molar-refractivity contribution in [3.05, 3.63) is 36.2 Å². The summed E-state index contributed by atoms with van der Waals surface area (Å²) in [5.74, 6) is 3.04. The lowest BCUT2D eigenvalue weighted by molar-refractivity contribution is 0.415. The quantitative estimate of drug-likeness (QED) is 0.855. The molecule has 0 saturated carbocycles. The van der Waals surface area contributed by atoms with Crippen LogP contribution in [-0.2, 0) is 9.84 Å². The van der Waals surface area contributed by atoms with Crippen LogP contribution in [0, 0.1) is 6.92 Å². The van der Waals surface area contributed by atoms with Crippen LogP contribution in [0.25, 0.3) is 0 Å². The van der Waals surface area contributed by atoms with Gasteiger partial charge in [0.25, 0.3) is 0 Å². The average Bonchev–Trinajstić information content (AvgIpc) is 2.86.